The Balaban J connectivity index is 2.40. The Bertz CT molecular complexity index is 350. The number of hydrogen-bond donors (Lipinski definition) is 1. The van der Waals surface area contributed by atoms with Crippen LogP contribution in [0.2, 0.25) is 0 Å². The summed E-state index contributed by atoms with van der Waals surface area (Å²) in [7, 11) is 0. The van der Waals surface area contributed by atoms with Crippen molar-refractivity contribution in [3.63, 3.8) is 0 Å². The Hall–Kier alpha value is -1.18. The number of rotatable bonds is 1. The van der Waals surface area contributed by atoms with Crippen LogP contribution in [0.25, 0.3) is 0 Å². The predicted octanol–water partition coefficient (Wildman–Crippen LogP) is 2.95. The molecule has 2 atom stereocenters. The van der Waals surface area contributed by atoms with Crippen molar-refractivity contribution in [3.05, 3.63) is 23.8 Å². The number of anilines is 2. The molecular weight excluding hydrogens is 184 g/mol. The molecule has 1 heterocycles. The first kappa shape index (κ1) is 10.3. The lowest BCUT2D eigenvalue weighted by Gasteiger charge is -2.30. The zero-order valence-electron chi connectivity index (χ0n) is 9.83. The molecule has 2 rings (SSSR count). The molecule has 0 amide bonds. The summed E-state index contributed by atoms with van der Waals surface area (Å²) >= 11 is 0. The molecule has 0 spiro atoms. The molecule has 0 saturated carbocycles. The van der Waals surface area contributed by atoms with Gasteiger partial charge in [0.25, 0.3) is 0 Å². The molecule has 1 fully saturated rings. The smallest absolute Gasteiger partial charge is 0.0421 e. The lowest BCUT2D eigenvalue weighted by atomic mass is 10.1. The Morgan fingerprint density at radius 1 is 1.20 bits per heavy atom. The minimum atomic E-state index is 0.639. The van der Waals surface area contributed by atoms with Gasteiger partial charge in [0.1, 0.15) is 0 Å². The highest BCUT2D eigenvalue weighted by atomic mass is 15.2. The van der Waals surface area contributed by atoms with E-state index in [9.17, 15) is 0 Å². The molecule has 1 aromatic rings. The van der Waals surface area contributed by atoms with Gasteiger partial charge in [0.05, 0.1) is 0 Å². The fourth-order valence-corrected chi connectivity index (χ4v) is 2.59. The van der Waals surface area contributed by atoms with E-state index < -0.39 is 0 Å². The maximum atomic E-state index is 5.95. The van der Waals surface area contributed by atoms with Crippen LogP contribution in [0.15, 0.2) is 18.2 Å². The highest BCUT2D eigenvalue weighted by molar-refractivity contribution is 5.65. The lowest BCUT2D eigenvalue weighted by Crippen LogP contribution is -2.33. The van der Waals surface area contributed by atoms with E-state index in [0.29, 0.717) is 12.1 Å². The van der Waals surface area contributed by atoms with Crippen LogP contribution in [-0.4, -0.2) is 12.1 Å². The summed E-state index contributed by atoms with van der Waals surface area (Å²) in [4.78, 5) is 2.51. The molecule has 0 aliphatic carbocycles. The number of nitrogen functional groups attached to an aromatic ring is 1. The van der Waals surface area contributed by atoms with Gasteiger partial charge in [-0.2, -0.15) is 0 Å². The van der Waals surface area contributed by atoms with E-state index in [2.05, 4.69) is 37.8 Å². The standard InChI is InChI=1S/C13H20N2/c1-9-7-8-10(2)15(9)13-6-4-5-12(14)11(13)3/h4-6,9-10H,7-8,14H2,1-3H3. The summed E-state index contributed by atoms with van der Waals surface area (Å²) in [5.41, 5.74) is 9.39. The first-order valence-electron chi connectivity index (χ1n) is 5.74. The van der Waals surface area contributed by atoms with E-state index in [4.69, 9.17) is 5.73 Å². The van der Waals surface area contributed by atoms with Crippen LogP contribution in [0.1, 0.15) is 32.3 Å². The third-order valence-corrected chi connectivity index (χ3v) is 3.58. The first-order valence-corrected chi connectivity index (χ1v) is 5.74. The van der Waals surface area contributed by atoms with E-state index in [1.807, 2.05) is 6.07 Å². The van der Waals surface area contributed by atoms with Crippen molar-refractivity contribution in [1.82, 2.24) is 0 Å². The fraction of sp³-hybridized carbons (Fsp3) is 0.538. The molecule has 0 aromatic heterocycles. The number of nitrogens with two attached hydrogens (primary N) is 1. The highest BCUT2D eigenvalue weighted by Crippen LogP contribution is 2.34. The zero-order chi connectivity index (χ0) is 11.0. The summed E-state index contributed by atoms with van der Waals surface area (Å²) in [6, 6.07) is 7.49. The summed E-state index contributed by atoms with van der Waals surface area (Å²) in [6.07, 6.45) is 2.57. The van der Waals surface area contributed by atoms with Gasteiger partial charge in [-0.3, -0.25) is 0 Å². The summed E-state index contributed by atoms with van der Waals surface area (Å²) in [5.74, 6) is 0. The van der Waals surface area contributed by atoms with Crippen molar-refractivity contribution in [3.8, 4) is 0 Å². The maximum absolute atomic E-state index is 5.95. The Morgan fingerprint density at radius 3 is 2.40 bits per heavy atom. The highest BCUT2D eigenvalue weighted by Gasteiger charge is 2.28. The van der Waals surface area contributed by atoms with Gasteiger partial charge in [-0.1, -0.05) is 6.07 Å². The van der Waals surface area contributed by atoms with Crippen molar-refractivity contribution < 1.29 is 0 Å². The van der Waals surface area contributed by atoms with Gasteiger partial charge in [0, 0.05) is 23.5 Å². The second kappa shape index (κ2) is 3.76. The SMILES string of the molecule is Cc1c(N)cccc1N1C(C)CCC1C. The van der Waals surface area contributed by atoms with Gasteiger partial charge < -0.3 is 10.6 Å². The van der Waals surface area contributed by atoms with Gasteiger partial charge in [0.2, 0.25) is 0 Å². The van der Waals surface area contributed by atoms with Crippen LogP contribution in [0.3, 0.4) is 0 Å². The molecule has 2 N–H and O–H groups in total. The van der Waals surface area contributed by atoms with E-state index in [1.165, 1.54) is 24.1 Å². The molecule has 0 bridgehead atoms. The second-order valence-corrected chi connectivity index (χ2v) is 4.67. The van der Waals surface area contributed by atoms with Crippen molar-refractivity contribution in [2.24, 2.45) is 0 Å². The molecule has 1 aromatic carbocycles. The average Bonchev–Trinajstić information content (AvgIpc) is 2.52. The monoisotopic (exact) mass is 204 g/mol. The van der Waals surface area contributed by atoms with E-state index in [0.717, 1.165) is 5.69 Å². The molecule has 0 radical (unpaired) electrons. The Morgan fingerprint density at radius 2 is 1.80 bits per heavy atom. The molecular formula is C13H20N2. The van der Waals surface area contributed by atoms with Crippen molar-refractivity contribution in [1.29, 1.82) is 0 Å². The van der Waals surface area contributed by atoms with E-state index >= 15 is 0 Å². The number of nitrogens with zero attached hydrogens (tertiary/aromatic N) is 1. The molecule has 2 nitrogen and oxygen atoms in total. The minimum Gasteiger partial charge on any atom is -0.398 e. The zero-order valence-corrected chi connectivity index (χ0v) is 9.83. The fourth-order valence-electron chi connectivity index (χ4n) is 2.59. The summed E-state index contributed by atoms with van der Waals surface area (Å²) < 4.78 is 0. The third kappa shape index (κ3) is 1.69. The first-order chi connectivity index (χ1) is 7.11. The van der Waals surface area contributed by atoms with Crippen LogP contribution in [0.4, 0.5) is 11.4 Å². The molecule has 82 valence electrons. The largest absolute Gasteiger partial charge is 0.398 e. The average molecular weight is 204 g/mol. The van der Waals surface area contributed by atoms with E-state index in [-0.39, 0.29) is 0 Å². The molecule has 2 unspecified atom stereocenters. The minimum absolute atomic E-state index is 0.639. The van der Waals surface area contributed by atoms with Crippen LogP contribution >= 0.6 is 0 Å². The lowest BCUT2D eigenvalue weighted by molar-refractivity contribution is 0.692. The van der Waals surface area contributed by atoms with Crippen LogP contribution in [-0.2, 0) is 0 Å². The molecule has 1 aliphatic heterocycles. The number of hydrogen-bond acceptors (Lipinski definition) is 2. The number of benzene rings is 1. The van der Waals surface area contributed by atoms with Crippen molar-refractivity contribution in [2.45, 2.75) is 45.7 Å². The second-order valence-electron chi connectivity index (χ2n) is 4.67. The quantitative estimate of drug-likeness (QED) is 0.713. The molecule has 1 saturated heterocycles. The van der Waals surface area contributed by atoms with Gasteiger partial charge in [0.15, 0.2) is 0 Å². The molecule has 15 heavy (non-hydrogen) atoms. The van der Waals surface area contributed by atoms with Crippen LogP contribution in [0.5, 0.6) is 0 Å². The third-order valence-electron chi connectivity index (χ3n) is 3.58. The van der Waals surface area contributed by atoms with Crippen molar-refractivity contribution >= 4 is 11.4 Å². The van der Waals surface area contributed by atoms with Crippen LogP contribution < -0.4 is 10.6 Å². The van der Waals surface area contributed by atoms with Gasteiger partial charge in [-0.05, 0) is 51.3 Å². The predicted molar refractivity (Wildman–Crippen MR) is 66.2 cm³/mol. The Kier molecular flexibility index (Phi) is 2.59. The van der Waals surface area contributed by atoms with Crippen LogP contribution in [0, 0.1) is 6.92 Å². The van der Waals surface area contributed by atoms with Crippen molar-refractivity contribution in [2.75, 3.05) is 10.6 Å². The van der Waals surface area contributed by atoms with Gasteiger partial charge >= 0.3 is 0 Å². The Labute approximate surface area is 92.1 Å². The normalized spacial score (nSPS) is 25.9. The summed E-state index contributed by atoms with van der Waals surface area (Å²) in [6.45, 7) is 6.71. The van der Waals surface area contributed by atoms with Gasteiger partial charge in [-0.25, -0.2) is 0 Å². The summed E-state index contributed by atoms with van der Waals surface area (Å²) in [5, 5.41) is 0. The molecule has 2 heteroatoms. The van der Waals surface area contributed by atoms with E-state index in [1.54, 1.807) is 0 Å². The van der Waals surface area contributed by atoms with Gasteiger partial charge in [-0.15, -0.1) is 0 Å². The topological polar surface area (TPSA) is 29.3 Å². The molecule has 1 aliphatic rings. The maximum Gasteiger partial charge on any atom is 0.0421 e.